The fourth-order valence-electron chi connectivity index (χ4n) is 3.67. The summed E-state index contributed by atoms with van der Waals surface area (Å²) in [6, 6.07) is 0. The van der Waals surface area contributed by atoms with Crippen molar-refractivity contribution < 1.29 is 14.3 Å². The molecule has 2 saturated heterocycles. The molecule has 1 unspecified atom stereocenters. The van der Waals surface area contributed by atoms with Crippen LogP contribution in [-0.4, -0.2) is 29.7 Å². The van der Waals surface area contributed by atoms with Crippen LogP contribution in [0.2, 0.25) is 0 Å². The van der Waals surface area contributed by atoms with Gasteiger partial charge in [-0.2, -0.15) is 0 Å². The molecule has 2 heterocycles. The molecule has 3 heteroatoms. The Labute approximate surface area is 147 Å². The molecule has 0 spiro atoms. The lowest BCUT2D eigenvalue weighted by atomic mass is 9.87. The van der Waals surface area contributed by atoms with Crippen molar-refractivity contribution in [1.82, 2.24) is 0 Å². The van der Waals surface area contributed by atoms with Crippen LogP contribution in [0.4, 0.5) is 0 Å². The minimum Gasteiger partial charge on any atom is -0.369 e. The van der Waals surface area contributed by atoms with Gasteiger partial charge in [-0.05, 0) is 59.8 Å². The summed E-state index contributed by atoms with van der Waals surface area (Å²) < 4.78 is 12.4. The molecule has 2 rings (SSSR count). The van der Waals surface area contributed by atoms with E-state index in [9.17, 15) is 4.79 Å². The number of allylic oxidation sites excluding steroid dienone is 2. The summed E-state index contributed by atoms with van der Waals surface area (Å²) in [7, 11) is 0. The summed E-state index contributed by atoms with van der Waals surface area (Å²) in [5.41, 5.74) is 1.98. The Balaban J connectivity index is 1.81. The molecule has 3 nitrogen and oxygen atoms in total. The van der Waals surface area contributed by atoms with Crippen LogP contribution in [-0.2, 0) is 14.3 Å². The lowest BCUT2D eigenvalue weighted by Crippen LogP contribution is -2.51. The monoisotopic (exact) mass is 334 g/mol. The van der Waals surface area contributed by atoms with E-state index in [0.717, 1.165) is 32.1 Å². The number of ketones is 1. The quantitative estimate of drug-likeness (QED) is 0.586. The molecule has 2 bridgehead atoms. The summed E-state index contributed by atoms with van der Waals surface area (Å²) in [6.07, 6.45) is 7.56. The van der Waals surface area contributed by atoms with E-state index in [2.05, 4.69) is 41.2 Å². The van der Waals surface area contributed by atoms with Crippen molar-refractivity contribution in [1.29, 1.82) is 0 Å². The number of carbonyl (C=O) groups is 1. The zero-order chi connectivity index (χ0) is 18.0. The number of Topliss-reactive ketones (excluding diaryl/α,β-unsaturated/α-hetero) is 1. The van der Waals surface area contributed by atoms with Crippen molar-refractivity contribution in [2.24, 2.45) is 5.92 Å². The number of hydrogen-bond acceptors (Lipinski definition) is 3. The normalized spacial score (nSPS) is 33.1. The van der Waals surface area contributed by atoms with Gasteiger partial charge in [0.05, 0.1) is 18.3 Å². The van der Waals surface area contributed by atoms with Crippen molar-refractivity contribution in [2.45, 2.75) is 90.4 Å². The molecule has 2 aliphatic rings. The fraction of sp³-hybridized carbons (Fsp3) is 0.762. The Kier molecular flexibility index (Phi) is 6.09. The Hall–Kier alpha value is -0.930. The zero-order valence-corrected chi connectivity index (χ0v) is 16.1. The third-order valence-electron chi connectivity index (χ3n) is 6.06. The summed E-state index contributed by atoms with van der Waals surface area (Å²) in [5, 5.41) is 0. The molecule has 0 N–H and O–H groups in total. The highest BCUT2D eigenvalue weighted by Crippen LogP contribution is 2.45. The predicted octanol–water partition coefficient (Wildman–Crippen LogP) is 5.00. The van der Waals surface area contributed by atoms with Crippen LogP contribution in [0.3, 0.4) is 0 Å². The molecule has 0 aromatic carbocycles. The molecule has 0 aromatic rings. The van der Waals surface area contributed by atoms with Gasteiger partial charge in [-0.3, -0.25) is 4.79 Å². The van der Waals surface area contributed by atoms with E-state index in [4.69, 9.17) is 9.47 Å². The van der Waals surface area contributed by atoms with Gasteiger partial charge < -0.3 is 9.47 Å². The summed E-state index contributed by atoms with van der Waals surface area (Å²) in [5.74, 6) is 0.467. The van der Waals surface area contributed by atoms with Gasteiger partial charge in [0.25, 0.3) is 0 Å². The number of fused-ring (bicyclic) bond motifs is 2. The molecule has 0 amide bonds. The highest BCUT2D eigenvalue weighted by Gasteiger charge is 2.52. The third kappa shape index (κ3) is 4.18. The second-order valence-corrected chi connectivity index (χ2v) is 8.23. The van der Waals surface area contributed by atoms with Crippen LogP contribution in [0.5, 0.6) is 0 Å². The molecule has 136 valence electrons. The topological polar surface area (TPSA) is 35.5 Å². The van der Waals surface area contributed by atoms with Gasteiger partial charge in [-0.15, -0.1) is 6.58 Å². The van der Waals surface area contributed by atoms with Crippen LogP contribution in [0.25, 0.3) is 0 Å². The molecule has 0 aliphatic carbocycles. The number of ether oxygens (including phenoxy) is 2. The van der Waals surface area contributed by atoms with E-state index in [1.54, 1.807) is 0 Å². The van der Waals surface area contributed by atoms with E-state index in [-0.39, 0.29) is 23.2 Å². The van der Waals surface area contributed by atoms with Crippen LogP contribution in [0.1, 0.15) is 73.1 Å². The predicted molar refractivity (Wildman–Crippen MR) is 98.1 cm³/mol. The molecular weight excluding hydrogens is 300 g/mol. The van der Waals surface area contributed by atoms with E-state index < -0.39 is 0 Å². The largest absolute Gasteiger partial charge is 0.369 e. The van der Waals surface area contributed by atoms with Gasteiger partial charge in [0.15, 0.2) is 0 Å². The van der Waals surface area contributed by atoms with Gasteiger partial charge in [-0.25, -0.2) is 0 Å². The molecule has 0 aromatic heterocycles. The van der Waals surface area contributed by atoms with Crippen molar-refractivity contribution in [3.05, 3.63) is 23.8 Å². The van der Waals surface area contributed by atoms with Gasteiger partial charge >= 0.3 is 0 Å². The van der Waals surface area contributed by atoms with Gasteiger partial charge in [0.2, 0.25) is 0 Å². The van der Waals surface area contributed by atoms with E-state index in [1.807, 2.05) is 6.08 Å². The first-order valence-electron chi connectivity index (χ1n) is 9.32. The molecule has 4 atom stereocenters. The lowest BCUT2D eigenvalue weighted by molar-refractivity contribution is -0.225. The number of rotatable bonds is 8. The van der Waals surface area contributed by atoms with Gasteiger partial charge in [0, 0.05) is 12.3 Å². The highest BCUT2D eigenvalue weighted by atomic mass is 16.6. The van der Waals surface area contributed by atoms with Crippen LogP contribution < -0.4 is 0 Å². The van der Waals surface area contributed by atoms with Crippen LogP contribution in [0.15, 0.2) is 23.8 Å². The summed E-state index contributed by atoms with van der Waals surface area (Å²) in [6.45, 7) is 14.9. The molecule has 24 heavy (non-hydrogen) atoms. The maximum atomic E-state index is 12.3. The van der Waals surface area contributed by atoms with Crippen LogP contribution in [0, 0.1) is 5.92 Å². The lowest BCUT2D eigenvalue weighted by Gasteiger charge is -2.43. The number of hydrogen-bond donors (Lipinski definition) is 0. The first-order valence-corrected chi connectivity index (χ1v) is 9.32. The highest BCUT2D eigenvalue weighted by molar-refractivity contribution is 5.82. The summed E-state index contributed by atoms with van der Waals surface area (Å²) in [4.78, 5) is 12.3. The van der Waals surface area contributed by atoms with Crippen molar-refractivity contribution in [3.8, 4) is 0 Å². The maximum Gasteiger partial charge on any atom is 0.139 e. The summed E-state index contributed by atoms with van der Waals surface area (Å²) >= 11 is 0. The minimum atomic E-state index is -0.255. The van der Waals surface area contributed by atoms with E-state index in [0.29, 0.717) is 18.8 Å². The molecule has 0 saturated carbocycles. The average Bonchev–Trinajstić information content (AvgIpc) is 2.93. The Bertz CT molecular complexity index is 517. The Morgan fingerprint density at radius 1 is 1.38 bits per heavy atom. The Morgan fingerprint density at radius 3 is 2.71 bits per heavy atom. The first kappa shape index (κ1) is 19.4. The fourth-order valence-corrected chi connectivity index (χ4v) is 3.67. The molecule has 0 radical (unpaired) electrons. The third-order valence-corrected chi connectivity index (χ3v) is 6.06. The molecule has 2 fully saturated rings. The van der Waals surface area contributed by atoms with E-state index >= 15 is 0 Å². The first-order chi connectivity index (χ1) is 11.2. The van der Waals surface area contributed by atoms with Crippen molar-refractivity contribution in [2.75, 3.05) is 6.61 Å². The Morgan fingerprint density at radius 2 is 2.08 bits per heavy atom. The van der Waals surface area contributed by atoms with E-state index in [1.165, 1.54) is 11.1 Å². The second-order valence-electron chi connectivity index (χ2n) is 8.23. The SMILES string of the molecule is C=C[C@@]12CC[C@@H](O1)[C@](C)(CCCC(C)C(=O)CC(C)=C(C)C)OC2. The minimum absolute atomic E-state index is 0.114. The van der Waals surface area contributed by atoms with Crippen molar-refractivity contribution >= 4 is 5.78 Å². The standard InChI is InChI=1S/C21H34O3/c1-7-21-12-10-19(24-21)20(6,23-14-21)11-8-9-16(4)18(22)13-17(5)15(2)3/h7,16,19H,1,8-14H2,2-6H3/t16?,19-,20+,21+/m1/s1. The smallest absolute Gasteiger partial charge is 0.139 e. The number of carbonyl (C=O) groups excluding carboxylic acids is 1. The van der Waals surface area contributed by atoms with Gasteiger partial charge in [0.1, 0.15) is 11.4 Å². The second kappa shape index (κ2) is 7.53. The molecular formula is C21H34O3. The average molecular weight is 335 g/mol. The maximum absolute atomic E-state index is 12.3. The molecule has 2 aliphatic heterocycles. The van der Waals surface area contributed by atoms with Crippen molar-refractivity contribution in [3.63, 3.8) is 0 Å². The van der Waals surface area contributed by atoms with Gasteiger partial charge in [-0.1, -0.05) is 24.1 Å². The zero-order valence-electron chi connectivity index (χ0n) is 16.1. The van der Waals surface area contributed by atoms with Crippen LogP contribution >= 0.6 is 0 Å².